The second-order valence-corrected chi connectivity index (χ2v) is 4.75. The Morgan fingerprint density at radius 2 is 2.57 bits per heavy atom. The van der Waals surface area contributed by atoms with E-state index >= 15 is 0 Å². The van der Waals surface area contributed by atoms with Gasteiger partial charge in [-0.1, -0.05) is 6.07 Å². The molecule has 1 aromatic rings. The quantitative estimate of drug-likeness (QED) is 0.781. The summed E-state index contributed by atoms with van der Waals surface area (Å²) in [4.78, 5) is 1.35. The number of hydrogen-bond donors (Lipinski definition) is 2. The summed E-state index contributed by atoms with van der Waals surface area (Å²) in [6, 6.07) is 4.21. The van der Waals surface area contributed by atoms with Crippen LogP contribution in [0.25, 0.3) is 0 Å². The molecule has 0 bridgehead atoms. The van der Waals surface area contributed by atoms with Gasteiger partial charge in [0.1, 0.15) is 0 Å². The van der Waals surface area contributed by atoms with Gasteiger partial charge in [0.05, 0.1) is 12.1 Å². The fourth-order valence-corrected chi connectivity index (χ4v) is 2.31. The van der Waals surface area contributed by atoms with Crippen molar-refractivity contribution in [2.24, 2.45) is 5.73 Å². The van der Waals surface area contributed by atoms with Crippen molar-refractivity contribution in [3.63, 3.8) is 0 Å². The molecule has 0 aromatic carbocycles. The zero-order valence-corrected chi connectivity index (χ0v) is 8.98. The van der Waals surface area contributed by atoms with Crippen LogP contribution in [0.3, 0.4) is 0 Å². The van der Waals surface area contributed by atoms with Gasteiger partial charge >= 0.3 is 0 Å². The normalized spacial score (nSPS) is 26.9. The van der Waals surface area contributed by atoms with E-state index in [-0.39, 0.29) is 5.54 Å². The fraction of sp³-hybridized carbons (Fsp3) is 0.600. The topological polar surface area (TPSA) is 47.3 Å². The number of nitrogens with two attached hydrogens (primary N) is 1. The summed E-state index contributed by atoms with van der Waals surface area (Å²) in [5.74, 6) is 0. The Morgan fingerprint density at radius 1 is 1.64 bits per heavy atom. The molecule has 78 valence electrons. The van der Waals surface area contributed by atoms with E-state index in [2.05, 4.69) is 22.8 Å². The van der Waals surface area contributed by atoms with E-state index in [1.807, 2.05) is 0 Å². The molecular formula is C10H16N2OS. The van der Waals surface area contributed by atoms with E-state index in [1.54, 1.807) is 11.3 Å². The van der Waals surface area contributed by atoms with Gasteiger partial charge in [-0.3, -0.25) is 0 Å². The molecular weight excluding hydrogens is 196 g/mol. The van der Waals surface area contributed by atoms with Crippen molar-refractivity contribution in [1.82, 2.24) is 5.32 Å². The lowest BCUT2D eigenvalue weighted by atomic mass is 9.99. The third kappa shape index (κ3) is 2.15. The highest BCUT2D eigenvalue weighted by Gasteiger charge is 2.32. The van der Waals surface area contributed by atoms with Crippen molar-refractivity contribution >= 4 is 11.3 Å². The van der Waals surface area contributed by atoms with E-state index in [1.165, 1.54) is 4.88 Å². The Hall–Kier alpha value is -0.420. The highest BCUT2D eigenvalue weighted by Crippen LogP contribution is 2.18. The zero-order valence-electron chi connectivity index (χ0n) is 8.16. The van der Waals surface area contributed by atoms with E-state index < -0.39 is 0 Å². The van der Waals surface area contributed by atoms with Gasteiger partial charge in [-0.15, -0.1) is 11.3 Å². The molecule has 3 N–H and O–H groups in total. The number of thiophene rings is 1. The van der Waals surface area contributed by atoms with E-state index in [0.717, 1.165) is 26.2 Å². The van der Waals surface area contributed by atoms with Gasteiger partial charge in [0, 0.05) is 24.6 Å². The third-order valence-electron chi connectivity index (χ3n) is 2.71. The first-order valence-electron chi connectivity index (χ1n) is 4.90. The molecule has 1 fully saturated rings. The number of ether oxygens (including phenoxy) is 1. The van der Waals surface area contributed by atoms with E-state index in [4.69, 9.17) is 10.5 Å². The molecule has 2 heterocycles. The van der Waals surface area contributed by atoms with E-state index in [0.29, 0.717) is 6.54 Å². The second kappa shape index (κ2) is 4.40. The molecule has 14 heavy (non-hydrogen) atoms. The number of rotatable bonds is 4. The zero-order chi connectivity index (χ0) is 9.86. The molecule has 1 saturated heterocycles. The largest absolute Gasteiger partial charge is 0.379 e. The summed E-state index contributed by atoms with van der Waals surface area (Å²) >= 11 is 1.77. The van der Waals surface area contributed by atoms with Crippen LogP contribution in [0.2, 0.25) is 0 Å². The molecule has 4 heteroatoms. The molecule has 0 spiro atoms. The minimum Gasteiger partial charge on any atom is -0.379 e. The third-order valence-corrected chi connectivity index (χ3v) is 3.59. The summed E-state index contributed by atoms with van der Waals surface area (Å²) in [6.07, 6.45) is 1.02. The summed E-state index contributed by atoms with van der Waals surface area (Å²) in [5.41, 5.74) is 5.79. The maximum absolute atomic E-state index is 5.77. The van der Waals surface area contributed by atoms with Crippen LogP contribution in [0.4, 0.5) is 0 Å². The van der Waals surface area contributed by atoms with Gasteiger partial charge in [0.15, 0.2) is 0 Å². The summed E-state index contributed by atoms with van der Waals surface area (Å²) in [6.45, 7) is 3.13. The Kier molecular flexibility index (Phi) is 3.18. The SMILES string of the molecule is NCC1(NCc2cccs2)CCOC1. The lowest BCUT2D eigenvalue weighted by Gasteiger charge is -2.26. The average Bonchev–Trinajstić information content (AvgIpc) is 2.87. The van der Waals surface area contributed by atoms with Crippen LogP contribution < -0.4 is 11.1 Å². The Bertz CT molecular complexity index is 268. The van der Waals surface area contributed by atoms with Crippen LogP contribution >= 0.6 is 11.3 Å². The van der Waals surface area contributed by atoms with Crippen molar-refractivity contribution in [2.75, 3.05) is 19.8 Å². The maximum atomic E-state index is 5.77. The van der Waals surface area contributed by atoms with Crippen LogP contribution in [0.15, 0.2) is 17.5 Å². The highest BCUT2D eigenvalue weighted by atomic mass is 32.1. The Balaban J connectivity index is 1.89. The minimum atomic E-state index is 0.0178. The average molecular weight is 212 g/mol. The smallest absolute Gasteiger partial charge is 0.0661 e. The number of nitrogens with one attached hydrogen (secondary N) is 1. The molecule has 0 radical (unpaired) electrons. The summed E-state index contributed by atoms with van der Waals surface area (Å²) in [5, 5.41) is 5.60. The molecule has 0 amide bonds. The van der Waals surface area contributed by atoms with Gasteiger partial charge in [-0.2, -0.15) is 0 Å². The molecule has 0 saturated carbocycles. The van der Waals surface area contributed by atoms with Crippen molar-refractivity contribution in [1.29, 1.82) is 0 Å². The lowest BCUT2D eigenvalue weighted by Crippen LogP contribution is -2.51. The first-order chi connectivity index (χ1) is 6.85. The molecule has 1 unspecified atom stereocenters. The Morgan fingerprint density at radius 3 is 3.14 bits per heavy atom. The van der Waals surface area contributed by atoms with Gasteiger partial charge in [-0.25, -0.2) is 0 Å². The minimum absolute atomic E-state index is 0.0178. The fourth-order valence-electron chi connectivity index (χ4n) is 1.67. The molecule has 1 aromatic heterocycles. The molecule has 1 atom stereocenters. The molecule has 2 rings (SSSR count). The predicted octanol–water partition coefficient (Wildman–Crippen LogP) is 0.955. The standard InChI is InChI=1S/C10H16N2OS/c11-7-10(3-4-13-8-10)12-6-9-2-1-5-14-9/h1-2,5,12H,3-4,6-8,11H2. The van der Waals surface area contributed by atoms with Crippen molar-refractivity contribution in [2.45, 2.75) is 18.5 Å². The maximum Gasteiger partial charge on any atom is 0.0661 e. The Labute approximate surface area is 88.3 Å². The van der Waals surface area contributed by atoms with Gasteiger partial charge < -0.3 is 15.8 Å². The number of hydrogen-bond acceptors (Lipinski definition) is 4. The highest BCUT2D eigenvalue weighted by molar-refractivity contribution is 7.09. The lowest BCUT2D eigenvalue weighted by molar-refractivity contribution is 0.168. The van der Waals surface area contributed by atoms with Crippen molar-refractivity contribution in [3.8, 4) is 0 Å². The molecule has 1 aliphatic heterocycles. The second-order valence-electron chi connectivity index (χ2n) is 3.72. The molecule has 3 nitrogen and oxygen atoms in total. The van der Waals surface area contributed by atoms with Crippen LogP contribution in [-0.4, -0.2) is 25.3 Å². The molecule has 0 aliphatic carbocycles. The predicted molar refractivity (Wildman–Crippen MR) is 58.4 cm³/mol. The van der Waals surface area contributed by atoms with Gasteiger partial charge in [0.2, 0.25) is 0 Å². The first-order valence-corrected chi connectivity index (χ1v) is 5.78. The van der Waals surface area contributed by atoms with Gasteiger partial charge in [-0.05, 0) is 17.9 Å². The van der Waals surface area contributed by atoms with Crippen LogP contribution in [0.1, 0.15) is 11.3 Å². The van der Waals surface area contributed by atoms with Crippen molar-refractivity contribution < 1.29 is 4.74 Å². The summed E-state index contributed by atoms with van der Waals surface area (Å²) in [7, 11) is 0. The van der Waals surface area contributed by atoms with Crippen LogP contribution in [-0.2, 0) is 11.3 Å². The van der Waals surface area contributed by atoms with Crippen LogP contribution in [0, 0.1) is 0 Å². The van der Waals surface area contributed by atoms with Crippen molar-refractivity contribution in [3.05, 3.63) is 22.4 Å². The van der Waals surface area contributed by atoms with Crippen LogP contribution in [0.5, 0.6) is 0 Å². The first kappa shape index (κ1) is 10.1. The summed E-state index contributed by atoms with van der Waals surface area (Å²) < 4.78 is 5.38. The van der Waals surface area contributed by atoms with E-state index in [9.17, 15) is 0 Å². The monoisotopic (exact) mass is 212 g/mol. The molecule has 1 aliphatic rings. The van der Waals surface area contributed by atoms with Gasteiger partial charge in [0.25, 0.3) is 0 Å².